The van der Waals surface area contributed by atoms with Gasteiger partial charge in [-0.15, -0.1) is 0 Å². The zero-order chi connectivity index (χ0) is 22.4. The Balaban J connectivity index is 1.74. The van der Waals surface area contributed by atoms with Gasteiger partial charge in [0, 0.05) is 32.7 Å². The SMILES string of the molecule is CC=CC(=O)N1CCN(CC(Oc2ccc(C(=O)O)cc2)c2ccc(C)c(F)c2)CC1. The van der Waals surface area contributed by atoms with Crippen LogP contribution in [0.15, 0.2) is 54.6 Å². The van der Waals surface area contributed by atoms with E-state index in [0.29, 0.717) is 49.6 Å². The van der Waals surface area contributed by atoms with E-state index in [2.05, 4.69) is 4.90 Å². The van der Waals surface area contributed by atoms with E-state index in [1.165, 1.54) is 18.2 Å². The van der Waals surface area contributed by atoms with Gasteiger partial charge in [0.15, 0.2) is 0 Å². The number of carbonyl (C=O) groups is 2. The van der Waals surface area contributed by atoms with E-state index in [-0.39, 0.29) is 17.3 Å². The summed E-state index contributed by atoms with van der Waals surface area (Å²) in [7, 11) is 0. The summed E-state index contributed by atoms with van der Waals surface area (Å²) in [5.41, 5.74) is 1.44. The van der Waals surface area contributed by atoms with E-state index in [1.54, 1.807) is 37.3 Å². The van der Waals surface area contributed by atoms with Gasteiger partial charge in [-0.05, 0) is 61.4 Å². The quantitative estimate of drug-likeness (QED) is 0.684. The average Bonchev–Trinajstić information content (AvgIpc) is 2.76. The van der Waals surface area contributed by atoms with Crippen LogP contribution in [0.2, 0.25) is 0 Å². The molecule has 0 bridgehead atoms. The molecule has 0 saturated carbocycles. The first-order chi connectivity index (χ1) is 14.9. The number of benzene rings is 2. The Hall–Kier alpha value is -3.19. The van der Waals surface area contributed by atoms with Gasteiger partial charge in [-0.1, -0.05) is 18.2 Å². The predicted octanol–water partition coefficient (Wildman–Crippen LogP) is 3.67. The Labute approximate surface area is 181 Å². The van der Waals surface area contributed by atoms with Crippen LogP contribution in [0.25, 0.3) is 0 Å². The van der Waals surface area contributed by atoms with E-state index in [0.717, 1.165) is 0 Å². The van der Waals surface area contributed by atoms with Crippen LogP contribution in [0.5, 0.6) is 5.75 Å². The molecule has 2 aromatic rings. The number of ether oxygens (including phenoxy) is 1. The van der Waals surface area contributed by atoms with Crippen molar-refractivity contribution in [3.8, 4) is 5.75 Å². The Bertz CT molecular complexity index is 951. The highest BCUT2D eigenvalue weighted by Crippen LogP contribution is 2.25. The van der Waals surface area contributed by atoms with Crippen LogP contribution in [-0.4, -0.2) is 59.5 Å². The van der Waals surface area contributed by atoms with E-state index in [4.69, 9.17) is 9.84 Å². The molecule has 7 heteroatoms. The first kappa shape index (κ1) is 22.5. The third-order valence-electron chi connectivity index (χ3n) is 5.36. The first-order valence-electron chi connectivity index (χ1n) is 10.3. The first-order valence-corrected chi connectivity index (χ1v) is 10.3. The van der Waals surface area contributed by atoms with Crippen molar-refractivity contribution in [2.75, 3.05) is 32.7 Å². The summed E-state index contributed by atoms with van der Waals surface area (Å²) < 4.78 is 20.4. The Morgan fingerprint density at radius 3 is 2.39 bits per heavy atom. The minimum Gasteiger partial charge on any atom is -0.484 e. The molecule has 1 amide bonds. The van der Waals surface area contributed by atoms with Crippen molar-refractivity contribution < 1.29 is 23.8 Å². The smallest absolute Gasteiger partial charge is 0.335 e. The van der Waals surface area contributed by atoms with E-state index >= 15 is 0 Å². The van der Waals surface area contributed by atoms with Crippen molar-refractivity contribution >= 4 is 11.9 Å². The summed E-state index contributed by atoms with van der Waals surface area (Å²) >= 11 is 0. The van der Waals surface area contributed by atoms with Crippen molar-refractivity contribution in [2.24, 2.45) is 0 Å². The molecule has 1 saturated heterocycles. The summed E-state index contributed by atoms with van der Waals surface area (Å²) in [6, 6.07) is 11.2. The van der Waals surface area contributed by atoms with Crippen LogP contribution in [0, 0.1) is 12.7 Å². The number of rotatable bonds is 7. The van der Waals surface area contributed by atoms with Crippen LogP contribution in [0.1, 0.15) is 34.5 Å². The molecule has 1 unspecified atom stereocenters. The highest BCUT2D eigenvalue weighted by atomic mass is 19.1. The molecule has 6 nitrogen and oxygen atoms in total. The fourth-order valence-corrected chi connectivity index (χ4v) is 3.49. The molecule has 3 rings (SSSR count). The van der Waals surface area contributed by atoms with Crippen LogP contribution in [0.4, 0.5) is 4.39 Å². The lowest BCUT2D eigenvalue weighted by Gasteiger charge is -2.36. The van der Waals surface area contributed by atoms with Gasteiger partial charge in [-0.2, -0.15) is 0 Å². The van der Waals surface area contributed by atoms with Gasteiger partial charge >= 0.3 is 5.97 Å². The summed E-state index contributed by atoms with van der Waals surface area (Å²) in [6.07, 6.45) is 2.86. The molecule has 0 radical (unpaired) electrons. The second-order valence-corrected chi connectivity index (χ2v) is 7.57. The lowest BCUT2D eigenvalue weighted by Crippen LogP contribution is -2.49. The van der Waals surface area contributed by atoms with Crippen LogP contribution in [0.3, 0.4) is 0 Å². The van der Waals surface area contributed by atoms with Crippen LogP contribution < -0.4 is 4.74 Å². The molecule has 1 aliphatic rings. The van der Waals surface area contributed by atoms with Crippen molar-refractivity contribution in [1.29, 1.82) is 0 Å². The van der Waals surface area contributed by atoms with Gasteiger partial charge in [0.25, 0.3) is 0 Å². The van der Waals surface area contributed by atoms with Crippen molar-refractivity contribution in [3.63, 3.8) is 0 Å². The molecule has 1 aliphatic heterocycles. The molecule has 31 heavy (non-hydrogen) atoms. The number of allylic oxidation sites excluding steroid dienone is 1. The lowest BCUT2D eigenvalue weighted by atomic mass is 10.1. The third kappa shape index (κ3) is 5.92. The zero-order valence-electron chi connectivity index (χ0n) is 17.8. The second-order valence-electron chi connectivity index (χ2n) is 7.57. The second kappa shape index (κ2) is 10.2. The highest BCUT2D eigenvalue weighted by Gasteiger charge is 2.24. The van der Waals surface area contributed by atoms with Gasteiger partial charge in [-0.3, -0.25) is 9.69 Å². The number of amides is 1. The molecule has 1 heterocycles. The van der Waals surface area contributed by atoms with Crippen molar-refractivity contribution in [2.45, 2.75) is 20.0 Å². The molecule has 1 atom stereocenters. The number of aromatic carboxylic acids is 1. The fraction of sp³-hybridized carbons (Fsp3) is 0.333. The molecule has 0 spiro atoms. The molecule has 0 aromatic heterocycles. The minimum absolute atomic E-state index is 0.00840. The number of hydrogen-bond donors (Lipinski definition) is 1. The third-order valence-corrected chi connectivity index (χ3v) is 5.36. The number of hydrogen-bond acceptors (Lipinski definition) is 4. The lowest BCUT2D eigenvalue weighted by molar-refractivity contribution is -0.127. The molecule has 164 valence electrons. The summed E-state index contributed by atoms with van der Waals surface area (Å²) in [5.74, 6) is -0.782. The van der Waals surface area contributed by atoms with E-state index in [1.807, 2.05) is 17.9 Å². The van der Waals surface area contributed by atoms with Gasteiger partial charge in [0.1, 0.15) is 17.7 Å². The Morgan fingerprint density at radius 1 is 1.13 bits per heavy atom. The van der Waals surface area contributed by atoms with Gasteiger partial charge in [0.2, 0.25) is 5.91 Å². The van der Waals surface area contributed by atoms with Gasteiger partial charge in [0.05, 0.1) is 5.56 Å². The average molecular weight is 426 g/mol. The highest BCUT2D eigenvalue weighted by molar-refractivity contribution is 5.88. The normalized spacial score (nSPS) is 15.8. The molecular formula is C24H27FN2O4. The number of aryl methyl sites for hydroxylation is 1. The zero-order valence-corrected chi connectivity index (χ0v) is 17.8. The number of piperazine rings is 1. The Morgan fingerprint density at radius 2 is 1.81 bits per heavy atom. The summed E-state index contributed by atoms with van der Waals surface area (Å²) in [5, 5.41) is 9.08. The van der Waals surface area contributed by atoms with Gasteiger partial charge < -0.3 is 14.7 Å². The number of carboxylic acids is 1. The van der Waals surface area contributed by atoms with Crippen molar-refractivity contribution in [3.05, 3.63) is 77.1 Å². The Kier molecular flexibility index (Phi) is 7.41. The summed E-state index contributed by atoms with van der Waals surface area (Å²) in [6.45, 7) is 6.66. The topological polar surface area (TPSA) is 70.1 Å². The molecular weight excluding hydrogens is 399 g/mol. The van der Waals surface area contributed by atoms with E-state index in [9.17, 15) is 14.0 Å². The maximum atomic E-state index is 14.2. The largest absolute Gasteiger partial charge is 0.484 e. The predicted molar refractivity (Wildman–Crippen MR) is 116 cm³/mol. The van der Waals surface area contributed by atoms with Gasteiger partial charge in [-0.25, -0.2) is 9.18 Å². The standard InChI is InChI=1S/C24H27FN2O4/c1-3-4-23(28)27-13-11-26(12-14-27)16-22(19-6-5-17(2)21(25)15-19)31-20-9-7-18(8-10-20)24(29)30/h3-10,15,22H,11-14,16H2,1-2H3,(H,29,30). The molecule has 2 aromatic carbocycles. The number of carbonyl (C=O) groups excluding carboxylic acids is 1. The number of nitrogens with zero attached hydrogens (tertiary/aromatic N) is 2. The molecule has 1 fully saturated rings. The maximum Gasteiger partial charge on any atom is 0.335 e. The monoisotopic (exact) mass is 426 g/mol. The van der Waals surface area contributed by atoms with Crippen LogP contribution >= 0.6 is 0 Å². The van der Waals surface area contributed by atoms with Crippen molar-refractivity contribution in [1.82, 2.24) is 9.80 Å². The minimum atomic E-state index is -1.01. The van der Waals surface area contributed by atoms with Crippen LogP contribution in [-0.2, 0) is 4.79 Å². The maximum absolute atomic E-state index is 14.2. The molecule has 0 aliphatic carbocycles. The molecule has 1 N–H and O–H groups in total. The number of carboxylic acid groups (broad SMARTS) is 1. The van der Waals surface area contributed by atoms with E-state index < -0.39 is 12.1 Å². The fourth-order valence-electron chi connectivity index (χ4n) is 3.49. The summed E-state index contributed by atoms with van der Waals surface area (Å²) in [4.78, 5) is 27.1. The number of halogens is 1.